The van der Waals surface area contributed by atoms with Crippen molar-refractivity contribution >= 4 is 21.6 Å². The van der Waals surface area contributed by atoms with Crippen LogP contribution in [0.15, 0.2) is 47.4 Å². The van der Waals surface area contributed by atoms with E-state index in [1.165, 1.54) is 6.92 Å². The minimum atomic E-state index is -3.68. The topological polar surface area (TPSA) is 66.9 Å². The maximum Gasteiger partial charge on any atom is 0.243 e. The molecule has 0 radical (unpaired) electrons. The van der Waals surface area contributed by atoms with Gasteiger partial charge in [0.05, 0.1) is 11.5 Å². The summed E-state index contributed by atoms with van der Waals surface area (Å²) in [5.74, 6) is -0.0637. The predicted molar refractivity (Wildman–Crippen MR) is 109 cm³/mol. The first-order valence-corrected chi connectivity index (χ1v) is 11.5. The third kappa shape index (κ3) is 2.91. The summed E-state index contributed by atoms with van der Waals surface area (Å²) in [4.78, 5) is 13.8. The summed E-state index contributed by atoms with van der Waals surface area (Å²) in [7, 11) is -3.68. The fourth-order valence-corrected chi connectivity index (χ4v) is 6.45. The van der Waals surface area contributed by atoms with Crippen LogP contribution in [0.2, 0.25) is 0 Å². The Bertz CT molecular complexity index is 1090. The van der Waals surface area contributed by atoms with E-state index in [-0.39, 0.29) is 10.8 Å². The second kappa shape index (κ2) is 6.65. The Hall–Kier alpha value is -2.22. The van der Waals surface area contributed by atoms with Gasteiger partial charge in [0.25, 0.3) is 0 Å². The van der Waals surface area contributed by atoms with Crippen LogP contribution in [-0.4, -0.2) is 38.3 Å². The summed E-state index contributed by atoms with van der Waals surface area (Å²) >= 11 is 0. The Labute approximate surface area is 171 Å². The fourth-order valence-electron chi connectivity index (χ4n) is 4.91. The number of benzene rings is 2. The number of carbonyl (C=O) groups excluding carboxylic acids is 1. The van der Waals surface area contributed by atoms with Gasteiger partial charge in [0.15, 0.2) is 0 Å². The van der Waals surface area contributed by atoms with Gasteiger partial charge in [-0.1, -0.05) is 30.3 Å². The van der Waals surface area contributed by atoms with Crippen molar-refractivity contribution in [1.82, 2.24) is 4.31 Å². The minimum Gasteiger partial charge on any atom is -0.364 e. The molecule has 1 fully saturated rings. The van der Waals surface area contributed by atoms with Crippen LogP contribution >= 0.6 is 0 Å². The maximum atomic E-state index is 13.5. The van der Waals surface area contributed by atoms with Crippen molar-refractivity contribution in [3.8, 4) is 0 Å². The minimum absolute atomic E-state index is 0.0637. The quantitative estimate of drug-likeness (QED) is 0.761. The Morgan fingerprint density at radius 2 is 1.93 bits per heavy atom. The van der Waals surface area contributed by atoms with E-state index in [1.54, 1.807) is 21.3 Å². The van der Waals surface area contributed by atoms with Crippen LogP contribution in [0.4, 0.5) is 5.69 Å². The molecule has 0 saturated carbocycles. The van der Waals surface area contributed by atoms with E-state index in [1.807, 2.05) is 24.3 Å². The second-order valence-corrected chi connectivity index (χ2v) is 10.0. The molecule has 29 heavy (non-hydrogen) atoms. The smallest absolute Gasteiger partial charge is 0.243 e. The summed E-state index contributed by atoms with van der Waals surface area (Å²) in [6.45, 7) is 3.44. The standard InChI is InChI=1S/C22H24N2O4S/c1-16(25)24-12-9-17-7-8-19(13-21(17)24)29(26,27)23-11-4-10-22(15-23)20-6-3-2-5-18(20)14-28-22/h2-3,5-8,13H,4,9-12,14-15H2,1H3. The lowest BCUT2D eigenvalue weighted by atomic mass is 9.86. The van der Waals surface area contributed by atoms with Crippen LogP contribution in [0.5, 0.6) is 0 Å². The molecule has 3 aliphatic heterocycles. The molecule has 0 aromatic heterocycles. The molecule has 2 aromatic carbocycles. The van der Waals surface area contributed by atoms with Gasteiger partial charge in [-0.15, -0.1) is 0 Å². The summed E-state index contributed by atoms with van der Waals surface area (Å²) in [5, 5.41) is 0. The summed E-state index contributed by atoms with van der Waals surface area (Å²) in [5.41, 5.74) is 3.41. The maximum absolute atomic E-state index is 13.5. The van der Waals surface area contributed by atoms with Gasteiger partial charge < -0.3 is 9.64 Å². The molecular weight excluding hydrogens is 388 g/mol. The first-order valence-electron chi connectivity index (χ1n) is 10.0. The molecule has 152 valence electrons. The van der Waals surface area contributed by atoms with Crippen molar-refractivity contribution in [3.05, 3.63) is 59.2 Å². The number of amides is 1. The van der Waals surface area contributed by atoms with Crippen LogP contribution in [0, 0.1) is 0 Å². The lowest BCUT2D eigenvalue weighted by Crippen LogP contribution is -2.48. The first kappa shape index (κ1) is 18.8. The highest BCUT2D eigenvalue weighted by Crippen LogP contribution is 2.44. The Morgan fingerprint density at radius 1 is 1.10 bits per heavy atom. The molecule has 0 bridgehead atoms. The van der Waals surface area contributed by atoms with Gasteiger partial charge in [-0.3, -0.25) is 4.79 Å². The average Bonchev–Trinajstić information content (AvgIpc) is 3.30. The van der Waals surface area contributed by atoms with E-state index < -0.39 is 15.6 Å². The van der Waals surface area contributed by atoms with Gasteiger partial charge in [0, 0.05) is 32.2 Å². The highest BCUT2D eigenvalue weighted by Gasteiger charge is 2.46. The number of piperidine rings is 1. The molecular formula is C22H24N2O4S. The van der Waals surface area contributed by atoms with Crippen LogP contribution in [0.1, 0.15) is 36.5 Å². The zero-order valence-corrected chi connectivity index (χ0v) is 17.2. The molecule has 0 aliphatic carbocycles. The number of nitrogens with zero attached hydrogens (tertiary/aromatic N) is 2. The number of rotatable bonds is 2. The lowest BCUT2D eigenvalue weighted by molar-refractivity contribution is -0.116. The van der Waals surface area contributed by atoms with E-state index in [4.69, 9.17) is 4.74 Å². The fraction of sp³-hybridized carbons (Fsp3) is 0.409. The van der Waals surface area contributed by atoms with E-state index in [9.17, 15) is 13.2 Å². The van der Waals surface area contributed by atoms with E-state index in [0.29, 0.717) is 31.9 Å². The molecule has 3 aliphatic rings. The molecule has 5 rings (SSSR count). The van der Waals surface area contributed by atoms with E-state index in [2.05, 4.69) is 6.07 Å². The molecule has 3 heterocycles. The third-order valence-corrected chi connectivity index (χ3v) is 8.24. The van der Waals surface area contributed by atoms with Crippen molar-refractivity contribution < 1.29 is 17.9 Å². The monoisotopic (exact) mass is 412 g/mol. The Morgan fingerprint density at radius 3 is 2.76 bits per heavy atom. The van der Waals surface area contributed by atoms with Crippen LogP contribution in [-0.2, 0) is 38.2 Å². The highest BCUT2D eigenvalue weighted by atomic mass is 32.2. The number of fused-ring (bicyclic) bond motifs is 3. The zero-order valence-electron chi connectivity index (χ0n) is 16.4. The number of hydrogen-bond donors (Lipinski definition) is 0. The largest absolute Gasteiger partial charge is 0.364 e. The Balaban J connectivity index is 1.48. The highest BCUT2D eigenvalue weighted by molar-refractivity contribution is 7.89. The SMILES string of the molecule is CC(=O)N1CCc2ccc(S(=O)(=O)N3CCCC4(C3)OCc3ccccc34)cc21. The predicted octanol–water partition coefficient (Wildman–Crippen LogP) is 2.81. The molecule has 2 aromatic rings. The zero-order chi connectivity index (χ0) is 20.2. The van der Waals surface area contributed by atoms with Gasteiger partial charge in [0.2, 0.25) is 15.9 Å². The lowest BCUT2D eigenvalue weighted by Gasteiger charge is -2.39. The number of carbonyl (C=O) groups is 1. The molecule has 1 spiro atoms. The van der Waals surface area contributed by atoms with Gasteiger partial charge in [-0.2, -0.15) is 4.31 Å². The molecule has 7 heteroatoms. The van der Waals surface area contributed by atoms with E-state index in [0.717, 1.165) is 36.0 Å². The van der Waals surface area contributed by atoms with Crippen LogP contribution < -0.4 is 4.90 Å². The summed E-state index contributed by atoms with van der Waals surface area (Å²) in [6, 6.07) is 13.2. The number of anilines is 1. The molecule has 6 nitrogen and oxygen atoms in total. The van der Waals surface area contributed by atoms with Crippen LogP contribution in [0.25, 0.3) is 0 Å². The molecule has 1 saturated heterocycles. The van der Waals surface area contributed by atoms with Crippen molar-refractivity contribution in [2.24, 2.45) is 0 Å². The Kier molecular flexibility index (Phi) is 4.31. The van der Waals surface area contributed by atoms with Crippen molar-refractivity contribution in [2.45, 2.75) is 43.3 Å². The normalized spacial score (nSPS) is 24.0. The third-order valence-electron chi connectivity index (χ3n) is 6.40. The second-order valence-electron chi connectivity index (χ2n) is 8.09. The first-order chi connectivity index (χ1) is 13.9. The van der Waals surface area contributed by atoms with Gasteiger partial charge >= 0.3 is 0 Å². The number of hydrogen-bond acceptors (Lipinski definition) is 4. The van der Waals surface area contributed by atoms with Crippen molar-refractivity contribution in [1.29, 1.82) is 0 Å². The van der Waals surface area contributed by atoms with E-state index >= 15 is 0 Å². The van der Waals surface area contributed by atoms with Gasteiger partial charge in [0.1, 0.15) is 5.60 Å². The molecule has 1 amide bonds. The number of sulfonamides is 1. The summed E-state index contributed by atoms with van der Waals surface area (Å²) in [6.07, 6.45) is 2.32. The van der Waals surface area contributed by atoms with Crippen LogP contribution in [0.3, 0.4) is 0 Å². The van der Waals surface area contributed by atoms with Gasteiger partial charge in [-0.05, 0) is 48.1 Å². The summed E-state index contributed by atoms with van der Waals surface area (Å²) < 4.78 is 34.7. The van der Waals surface area contributed by atoms with Crippen molar-refractivity contribution in [3.63, 3.8) is 0 Å². The van der Waals surface area contributed by atoms with Gasteiger partial charge in [-0.25, -0.2) is 8.42 Å². The molecule has 1 atom stereocenters. The molecule has 0 N–H and O–H groups in total. The van der Waals surface area contributed by atoms with Crippen molar-refractivity contribution in [2.75, 3.05) is 24.5 Å². The molecule has 1 unspecified atom stereocenters. The average molecular weight is 413 g/mol. The number of ether oxygens (including phenoxy) is 1.